The lowest BCUT2D eigenvalue weighted by Gasteiger charge is -2.28. The fourth-order valence-electron chi connectivity index (χ4n) is 2.75. The third kappa shape index (κ3) is 6.02. The molecule has 0 spiro atoms. The molecule has 2 rings (SSSR count). The largest absolute Gasteiger partial charge is 0.497 e. The Labute approximate surface area is 175 Å². The number of sulfonamides is 1. The maximum atomic E-state index is 12.6. The SMILES string of the molecule is COc1ccc(CCNC(=O)C(C)N(c2cc(Cl)cc(Cl)c2)S(C)(=O)=O)cc1. The second kappa shape index (κ2) is 9.49. The number of hydrogen-bond donors (Lipinski definition) is 1. The zero-order valence-corrected chi connectivity index (χ0v) is 18.1. The summed E-state index contributed by atoms with van der Waals surface area (Å²) in [5.41, 5.74) is 1.26. The van der Waals surface area contributed by atoms with Crippen LogP contribution < -0.4 is 14.4 Å². The molecule has 0 aliphatic heterocycles. The fraction of sp³-hybridized carbons (Fsp3) is 0.316. The van der Waals surface area contributed by atoms with Crippen molar-refractivity contribution in [2.45, 2.75) is 19.4 Å². The molecule has 9 heteroatoms. The number of nitrogens with zero attached hydrogens (tertiary/aromatic N) is 1. The van der Waals surface area contributed by atoms with Crippen molar-refractivity contribution in [2.24, 2.45) is 0 Å². The third-order valence-corrected chi connectivity index (χ3v) is 5.74. The number of methoxy groups -OCH3 is 1. The van der Waals surface area contributed by atoms with Crippen LogP contribution in [-0.4, -0.2) is 40.3 Å². The highest BCUT2D eigenvalue weighted by molar-refractivity contribution is 7.92. The number of nitrogens with one attached hydrogen (secondary N) is 1. The van der Waals surface area contributed by atoms with Crippen molar-refractivity contribution in [2.75, 3.05) is 24.2 Å². The molecule has 0 aliphatic rings. The van der Waals surface area contributed by atoms with Gasteiger partial charge < -0.3 is 10.1 Å². The Balaban J connectivity index is 2.08. The van der Waals surface area contributed by atoms with Gasteiger partial charge in [0.25, 0.3) is 0 Å². The van der Waals surface area contributed by atoms with Gasteiger partial charge in [0.05, 0.1) is 19.1 Å². The summed E-state index contributed by atoms with van der Waals surface area (Å²) in [5, 5.41) is 3.33. The molecular weight excluding hydrogens is 423 g/mol. The summed E-state index contributed by atoms with van der Waals surface area (Å²) in [7, 11) is -2.14. The van der Waals surface area contributed by atoms with Crippen LogP contribution in [0, 0.1) is 0 Å². The Morgan fingerprint density at radius 1 is 1.14 bits per heavy atom. The minimum Gasteiger partial charge on any atom is -0.497 e. The van der Waals surface area contributed by atoms with E-state index in [1.165, 1.54) is 25.1 Å². The molecule has 0 aromatic heterocycles. The van der Waals surface area contributed by atoms with Gasteiger partial charge in [-0.3, -0.25) is 9.10 Å². The van der Waals surface area contributed by atoms with E-state index in [-0.39, 0.29) is 15.7 Å². The van der Waals surface area contributed by atoms with Gasteiger partial charge in [0.1, 0.15) is 11.8 Å². The molecule has 1 atom stereocenters. The molecule has 2 aromatic rings. The molecule has 0 bridgehead atoms. The number of halogens is 2. The normalized spacial score (nSPS) is 12.3. The highest BCUT2D eigenvalue weighted by Crippen LogP contribution is 2.28. The van der Waals surface area contributed by atoms with E-state index in [9.17, 15) is 13.2 Å². The molecule has 0 aliphatic carbocycles. The summed E-state index contributed by atoms with van der Waals surface area (Å²) in [6.45, 7) is 1.88. The predicted molar refractivity (Wildman–Crippen MR) is 113 cm³/mol. The first-order valence-corrected chi connectivity index (χ1v) is 11.1. The molecule has 0 saturated heterocycles. The maximum absolute atomic E-state index is 12.6. The summed E-state index contributed by atoms with van der Waals surface area (Å²) >= 11 is 12.0. The van der Waals surface area contributed by atoms with Crippen LogP contribution in [0.15, 0.2) is 42.5 Å². The van der Waals surface area contributed by atoms with Gasteiger partial charge in [-0.15, -0.1) is 0 Å². The zero-order valence-electron chi connectivity index (χ0n) is 15.8. The van der Waals surface area contributed by atoms with Crippen LogP contribution in [0.3, 0.4) is 0 Å². The zero-order chi connectivity index (χ0) is 20.9. The average molecular weight is 445 g/mol. The highest BCUT2D eigenvalue weighted by atomic mass is 35.5. The molecule has 1 unspecified atom stereocenters. The van der Waals surface area contributed by atoms with E-state index >= 15 is 0 Å². The number of rotatable bonds is 8. The Bertz CT molecular complexity index is 913. The van der Waals surface area contributed by atoms with Crippen LogP contribution in [0.4, 0.5) is 5.69 Å². The van der Waals surface area contributed by atoms with E-state index in [1.54, 1.807) is 7.11 Å². The molecule has 0 radical (unpaired) electrons. The van der Waals surface area contributed by atoms with Gasteiger partial charge >= 0.3 is 0 Å². The Hall–Kier alpha value is -1.96. The number of carbonyl (C=O) groups is 1. The number of hydrogen-bond acceptors (Lipinski definition) is 4. The second-order valence-electron chi connectivity index (χ2n) is 6.25. The van der Waals surface area contributed by atoms with Crippen LogP contribution in [0.1, 0.15) is 12.5 Å². The van der Waals surface area contributed by atoms with Gasteiger partial charge in [-0.2, -0.15) is 0 Å². The Kier molecular flexibility index (Phi) is 7.57. The number of benzene rings is 2. The summed E-state index contributed by atoms with van der Waals surface area (Å²) < 4.78 is 30.7. The fourth-order valence-corrected chi connectivity index (χ4v) is 4.42. The lowest BCUT2D eigenvalue weighted by molar-refractivity contribution is -0.121. The first-order chi connectivity index (χ1) is 13.1. The summed E-state index contributed by atoms with van der Waals surface area (Å²) in [6.07, 6.45) is 1.63. The summed E-state index contributed by atoms with van der Waals surface area (Å²) in [4.78, 5) is 12.6. The Morgan fingerprint density at radius 3 is 2.21 bits per heavy atom. The van der Waals surface area contributed by atoms with E-state index in [0.29, 0.717) is 13.0 Å². The third-order valence-electron chi connectivity index (χ3n) is 4.06. The molecule has 28 heavy (non-hydrogen) atoms. The van der Waals surface area contributed by atoms with Crippen molar-refractivity contribution in [1.29, 1.82) is 0 Å². The number of amides is 1. The smallest absolute Gasteiger partial charge is 0.243 e. The first kappa shape index (κ1) is 22.3. The monoisotopic (exact) mass is 444 g/mol. The summed E-state index contributed by atoms with van der Waals surface area (Å²) in [5.74, 6) is 0.334. The average Bonchev–Trinajstić information content (AvgIpc) is 2.60. The quantitative estimate of drug-likeness (QED) is 0.675. The summed E-state index contributed by atoms with van der Waals surface area (Å²) in [6, 6.07) is 10.9. The molecule has 0 saturated carbocycles. The van der Waals surface area contributed by atoms with Crippen LogP contribution in [0.5, 0.6) is 5.75 Å². The molecule has 2 aromatic carbocycles. The lowest BCUT2D eigenvalue weighted by Crippen LogP contribution is -2.48. The van der Waals surface area contributed by atoms with Crippen molar-refractivity contribution in [3.05, 3.63) is 58.1 Å². The molecule has 0 heterocycles. The molecule has 152 valence electrons. The van der Waals surface area contributed by atoms with Gasteiger partial charge in [0, 0.05) is 16.6 Å². The van der Waals surface area contributed by atoms with Gasteiger partial charge in [-0.1, -0.05) is 35.3 Å². The van der Waals surface area contributed by atoms with E-state index in [2.05, 4.69) is 5.32 Å². The topological polar surface area (TPSA) is 75.7 Å². The molecule has 1 amide bonds. The highest BCUT2D eigenvalue weighted by Gasteiger charge is 2.29. The van der Waals surface area contributed by atoms with Gasteiger partial charge in [0.2, 0.25) is 15.9 Å². The molecule has 6 nitrogen and oxygen atoms in total. The van der Waals surface area contributed by atoms with Crippen LogP contribution in [0.25, 0.3) is 0 Å². The predicted octanol–water partition coefficient (Wildman–Crippen LogP) is 3.52. The molecule has 0 fully saturated rings. The van der Waals surface area contributed by atoms with Gasteiger partial charge in [0.15, 0.2) is 0 Å². The molecular formula is C19H22Cl2N2O4S. The molecule has 1 N–H and O–H groups in total. The Morgan fingerprint density at radius 2 is 1.71 bits per heavy atom. The standard InChI is InChI=1S/C19H22Cl2N2O4S/c1-13(19(24)22-9-8-14-4-6-18(27-2)7-5-14)23(28(3,25)26)17-11-15(20)10-16(21)12-17/h4-7,10-13H,8-9H2,1-3H3,(H,22,24). The van der Waals surface area contributed by atoms with Crippen LogP contribution >= 0.6 is 23.2 Å². The number of ether oxygens (including phenoxy) is 1. The van der Waals surface area contributed by atoms with Crippen molar-refractivity contribution < 1.29 is 17.9 Å². The van der Waals surface area contributed by atoms with Gasteiger partial charge in [-0.25, -0.2) is 8.42 Å². The minimum atomic E-state index is -3.74. The first-order valence-electron chi connectivity index (χ1n) is 8.48. The van der Waals surface area contributed by atoms with E-state index in [1.807, 2.05) is 24.3 Å². The van der Waals surface area contributed by atoms with E-state index in [4.69, 9.17) is 27.9 Å². The number of anilines is 1. The van der Waals surface area contributed by atoms with Crippen molar-refractivity contribution >= 4 is 44.8 Å². The minimum absolute atomic E-state index is 0.234. The maximum Gasteiger partial charge on any atom is 0.243 e. The van der Waals surface area contributed by atoms with E-state index < -0.39 is 22.0 Å². The van der Waals surface area contributed by atoms with Crippen molar-refractivity contribution in [1.82, 2.24) is 5.32 Å². The van der Waals surface area contributed by atoms with Crippen molar-refractivity contribution in [3.8, 4) is 5.75 Å². The number of carbonyl (C=O) groups excluding carboxylic acids is 1. The van der Waals surface area contributed by atoms with Crippen molar-refractivity contribution in [3.63, 3.8) is 0 Å². The van der Waals surface area contributed by atoms with E-state index in [0.717, 1.165) is 21.9 Å². The second-order valence-corrected chi connectivity index (χ2v) is 8.98. The van der Waals surface area contributed by atoms with Crippen LogP contribution in [-0.2, 0) is 21.2 Å². The lowest BCUT2D eigenvalue weighted by atomic mass is 10.1. The van der Waals surface area contributed by atoms with Crippen LogP contribution in [0.2, 0.25) is 10.0 Å². The van der Waals surface area contributed by atoms with Gasteiger partial charge in [-0.05, 0) is 49.2 Å².